The molecule has 0 radical (unpaired) electrons. The van der Waals surface area contributed by atoms with Crippen LogP contribution in [0.25, 0.3) is 0 Å². The van der Waals surface area contributed by atoms with E-state index in [1.165, 1.54) is 18.2 Å². The molecule has 2 aliphatic rings. The summed E-state index contributed by atoms with van der Waals surface area (Å²) in [5, 5.41) is 5.78. The number of hydrogen-bond acceptors (Lipinski definition) is 4. The Bertz CT molecular complexity index is 1510. The van der Waals surface area contributed by atoms with Crippen molar-refractivity contribution in [3.05, 3.63) is 118 Å². The van der Waals surface area contributed by atoms with E-state index in [1.54, 1.807) is 6.92 Å². The first-order chi connectivity index (χ1) is 19.0. The number of amides is 1. The average molecular weight is 546 g/mol. The van der Waals surface area contributed by atoms with E-state index in [0.717, 1.165) is 28.6 Å². The monoisotopic (exact) mass is 545 g/mol. The molecule has 0 saturated heterocycles. The first-order valence-electron chi connectivity index (χ1n) is 13.1. The molecular formula is C32H30F3N3O2. The fourth-order valence-corrected chi connectivity index (χ4v) is 5.63. The number of allylic oxidation sites excluding steroid dienone is 3. The van der Waals surface area contributed by atoms with Crippen molar-refractivity contribution in [2.75, 3.05) is 24.3 Å². The largest absolute Gasteiger partial charge is 0.418 e. The molecule has 0 fully saturated rings. The van der Waals surface area contributed by atoms with Gasteiger partial charge >= 0.3 is 6.18 Å². The molecular weight excluding hydrogens is 515 g/mol. The van der Waals surface area contributed by atoms with Crippen LogP contribution in [-0.2, 0) is 15.8 Å². The Morgan fingerprint density at radius 1 is 0.900 bits per heavy atom. The number of alkyl halides is 3. The van der Waals surface area contributed by atoms with Crippen LogP contribution in [0.1, 0.15) is 48.3 Å². The van der Waals surface area contributed by atoms with Gasteiger partial charge in [-0.3, -0.25) is 9.59 Å². The molecule has 1 heterocycles. The molecule has 8 heteroatoms. The second-order valence-electron chi connectivity index (χ2n) is 10.4. The van der Waals surface area contributed by atoms with Gasteiger partial charge in [0.1, 0.15) is 0 Å². The average Bonchev–Trinajstić information content (AvgIpc) is 2.92. The molecule has 1 amide bonds. The third kappa shape index (κ3) is 5.26. The fraction of sp³-hybridized carbons (Fsp3) is 0.250. The molecule has 2 atom stereocenters. The molecule has 0 spiro atoms. The second kappa shape index (κ2) is 10.7. The van der Waals surface area contributed by atoms with Gasteiger partial charge in [-0.25, -0.2) is 0 Å². The smallest absolute Gasteiger partial charge is 0.378 e. The second-order valence-corrected chi connectivity index (χ2v) is 10.4. The number of para-hydroxylation sites is 1. The van der Waals surface area contributed by atoms with Crippen LogP contribution in [0, 0.1) is 0 Å². The lowest BCUT2D eigenvalue weighted by Gasteiger charge is -2.37. The minimum Gasteiger partial charge on any atom is -0.378 e. The number of dihydropyridines is 1. The van der Waals surface area contributed by atoms with Crippen LogP contribution in [0.2, 0.25) is 0 Å². The van der Waals surface area contributed by atoms with Crippen LogP contribution >= 0.6 is 0 Å². The summed E-state index contributed by atoms with van der Waals surface area (Å²) in [6.45, 7) is 1.73. The predicted molar refractivity (Wildman–Crippen MR) is 150 cm³/mol. The van der Waals surface area contributed by atoms with E-state index in [0.29, 0.717) is 17.7 Å². The highest BCUT2D eigenvalue weighted by Crippen LogP contribution is 2.46. The van der Waals surface area contributed by atoms with E-state index in [1.807, 2.05) is 73.6 Å². The quantitative estimate of drug-likeness (QED) is 0.372. The van der Waals surface area contributed by atoms with Gasteiger partial charge in [0, 0.05) is 54.7 Å². The van der Waals surface area contributed by atoms with Gasteiger partial charge in [-0.15, -0.1) is 0 Å². The van der Waals surface area contributed by atoms with E-state index < -0.39 is 23.6 Å². The zero-order valence-corrected chi connectivity index (χ0v) is 22.5. The minimum atomic E-state index is -4.64. The summed E-state index contributed by atoms with van der Waals surface area (Å²) < 4.78 is 41.0. The van der Waals surface area contributed by atoms with Gasteiger partial charge in [0.25, 0.3) is 5.91 Å². The molecule has 5 rings (SSSR count). The van der Waals surface area contributed by atoms with Crippen molar-refractivity contribution in [1.82, 2.24) is 5.32 Å². The molecule has 1 aliphatic carbocycles. The highest BCUT2D eigenvalue weighted by Gasteiger charge is 2.41. The third-order valence-electron chi connectivity index (χ3n) is 7.57. The third-order valence-corrected chi connectivity index (χ3v) is 7.57. The molecule has 0 saturated carbocycles. The van der Waals surface area contributed by atoms with Crippen molar-refractivity contribution in [2.45, 2.75) is 37.8 Å². The van der Waals surface area contributed by atoms with Gasteiger partial charge in [0.2, 0.25) is 0 Å². The highest BCUT2D eigenvalue weighted by atomic mass is 19.4. The zero-order chi connectivity index (χ0) is 28.6. The molecule has 2 N–H and O–H groups in total. The van der Waals surface area contributed by atoms with E-state index >= 15 is 0 Å². The zero-order valence-electron chi connectivity index (χ0n) is 22.5. The number of hydrogen-bond donors (Lipinski definition) is 2. The first kappa shape index (κ1) is 27.2. The van der Waals surface area contributed by atoms with Gasteiger partial charge in [0.05, 0.1) is 11.3 Å². The number of halogens is 3. The molecule has 40 heavy (non-hydrogen) atoms. The first-order valence-corrected chi connectivity index (χ1v) is 13.1. The summed E-state index contributed by atoms with van der Waals surface area (Å²) in [6.07, 6.45) is -3.77. The highest BCUT2D eigenvalue weighted by molar-refractivity contribution is 6.10. The van der Waals surface area contributed by atoms with Gasteiger partial charge in [-0.05, 0) is 54.7 Å². The number of carbonyl (C=O) groups excluding carboxylic acids is 2. The molecule has 1 aliphatic heterocycles. The molecule has 206 valence electrons. The lowest BCUT2D eigenvalue weighted by molar-refractivity contribution is -0.137. The predicted octanol–water partition coefficient (Wildman–Crippen LogP) is 6.77. The van der Waals surface area contributed by atoms with Gasteiger partial charge in [0.15, 0.2) is 5.78 Å². The Balaban J connectivity index is 1.58. The summed E-state index contributed by atoms with van der Waals surface area (Å²) in [4.78, 5) is 29.5. The molecule has 3 aromatic rings. The van der Waals surface area contributed by atoms with Crippen molar-refractivity contribution in [3.8, 4) is 0 Å². The summed E-state index contributed by atoms with van der Waals surface area (Å²) in [6, 6.07) is 22.3. The van der Waals surface area contributed by atoms with Crippen LogP contribution < -0.4 is 15.5 Å². The SMILES string of the molecule is CC1=C(C(=O)Nc2ccccc2C(F)(F)F)[C@H](c2ccc(N(C)C)cc2)C2=C(C[C@H](c3ccccc3)CC2=O)N1. The van der Waals surface area contributed by atoms with Crippen LogP contribution in [0.5, 0.6) is 0 Å². The van der Waals surface area contributed by atoms with Crippen molar-refractivity contribution in [1.29, 1.82) is 0 Å². The number of nitrogens with one attached hydrogen (secondary N) is 2. The molecule has 3 aromatic carbocycles. The van der Waals surface area contributed by atoms with Gasteiger partial charge in [-0.1, -0.05) is 54.6 Å². The molecule has 5 nitrogen and oxygen atoms in total. The number of ketones is 1. The number of carbonyl (C=O) groups is 2. The maximum absolute atomic E-state index is 13.8. The summed E-state index contributed by atoms with van der Waals surface area (Å²) in [5.41, 5.74) is 3.42. The molecule has 0 unspecified atom stereocenters. The number of anilines is 2. The standard InChI is InChI=1S/C32H30F3N3O2/c1-19-28(31(40)37-25-12-8-7-11-24(25)32(33,34)35)29(21-13-15-23(16-14-21)38(2)3)30-26(36-19)17-22(18-27(30)39)20-9-5-4-6-10-20/h4-16,22,29,36H,17-18H2,1-3H3,(H,37,40)/t22-,29-/m0/s1. The minimum absolute atomic E-state index is 0.0152. The van der Waals surface area contributed by atoms with E-state index in [-0.39, 0.29) is 29.4 Å². The van der Waals surface area contributed by atoms with E-state index in [2.05, 4.69) is 10.6 Å². The van der Waals surface area contributed by atoms with Crippen LogP contribution in [-0.4, -0.2) is 25.8 Å². The maximum atomic E-state index is 13.8. The normalized spacial score (nSPS) is 19.2. The van der Waals surface area contributed by atoms with Crippen molar-refractivity contribution in [2.24, 2.45) is 0 Å². The van der Waals surface area contributed by atoms with Crippen LogP contribution in [0.4, 0.5) is 24.5 Å². The molecule has 0 bridgehead atoms. The topological polar surface area (TPSA) is 61.4 Å². The number of nitrogens with zero attached hydrogens (tertiary/aromatic N) is 1. The lowest BCUT2D eigenvalue weighted by Crippen LogP contribution is -2.37. The Morgan fingerprint density at radius 3 is 2.20 bits per heavy atom. The Hall–Kier alpha value is -4.33. The summed E-state index contributed by atoms with van der Waals surface area (Å²) in [7, 11) is 3.82. The van der Waals surface area contributed by atoms with Crippen LogP contribution in [0.15, 0.2) is 101 Å². The Kier molecular flexibility index (Phi) is 7.27. The number of benzene rings is 3. The molecule has 0 aromatic heterocycles. The number of Topliss-reactive ketones (excluding diaryl/α,β-unsaturated/α-hetero) is 1. The summed E-state index contributed by atoms with van der Waals surface area (Å²) >= 11 is 0. The van der Waals surface area contributed by atoms with E-state index in [9.17, 15) is 22.8 Å². The summed E-state index contributed by atoms with van der Waals surface area (Å²) in [5.74, 6) is -1.51. The van der Waals surface area contributed by atoms with Gasteiger partial charge < -0.3 is 15.5 Å². The van der Waals surface area contributed by atoms with Crippen LogP contribution in [0.3, 0.4) is 0 Å². The lowest BCUT2D eigenvalue weighted by atomic mass is 9.71. The van der Waals surface area contributed by atoms with Crippen molar-refractivity contribution >= 4 is 23.1 Å². The maximum Gasteiger partial charge on any atom is 0.418 e. The fourth-order valence-electron chi connectivity index (χ4n) is 5.63. The number of rotatable bonds is 5. The van der Waals surface area contributed by atoms with Crippen molar-refractivity contribution in [3.63, 3.8) is 0 Å². The Morgan fingerprint density at radius 2 is 1.55 bits per heavy atom. The van der Waals surface area contributed by atoms with Crippen molar-refractivity contribution < 1.29 is 22.8 Å². The van der Waals surface area contributed by atoms with Gasteiger partial charge in [-0.2, -0.15) is 13.2 Å². The van der Waals surface area contributed by atoms with E-state index in [4.69, 9.17) is 0 Å². The Labute approximate surface area is 231 Å².